The van der Waals surface area contributed by atoms with Gasteiger partial charge in [-0.25, -0.2) is 4.39 Å². The number of nitrogens with zero attached hydrogens (tertiary/aromatic N) is 1. The normalized spacial score (nSPS) is 32.8. The summed E-state index contributed by atoms with van der Waals surface area (Å²) in [4.78, 5) is 4.60. The van der Waals surface area contributed by atoms with Gasteiger partial charge < -0.3 is 0 Å². The van der Waals surface area contributed by atoms with Crippen molar-refractivity contribution in [2.24, 2.45) is 10.9 Å². The summed E-state index contributed by atoms with van der Waals surface area (Å²) >= 11 is 0. The van der Waals surface area contributed by atoms with Crippen LogP contribution in [-0.4, -0.2) is 23.8 Å². The van der Waals surface area contributed by atoms with Crippen LogP contribution >= 0.6 is 9.24 Å². The first-order valence-corrected chi connectivity index (χ1v) is 6.64. The van der Waals surface area contributed by atoms with Gasteiger partial charge >= 0.3 is 0 Å². The Morgan fingerprint density at radius 1 is 1.69 bits per heavy atom. The minimum atomic E-state index is -1.20. The van der Waals surface area contributed by atoms with Crippen LogP contribution in [0.25, 0.3) is 0 Å². The predicted octanol–water partition coefficient (Wildman–Crippen LogP) is 2.66. The van der Waals surface area contributed by atoms with Gasteiger partial charge in [-0.15, -0.1) is 0 Å². The number of hydrogen-bond acceptors (Lipinski definition) is 2. The lowest BCUT2D eigenvalue weighted by Crippen LogP contribution is -2.41. The van der Waals surface area contributed by atoms with Crippen molar-refractivity contribution >= 4 is 15.0 Å². The van der Waals surface area contributed by atoms with Crippen molar-refractivity contribution in [1.82, 2.24) is 5.32 Å². The Morgan fingerprint density at radius 2 is 2.50 bits per heavy atom. The molecule has 90 valence electrons. The maximum Gasteiger partial charge on any atom is 0.129 e. The third kappa shape index (κ3) is 2.89. The fourth-order valence-corrected chi connectivity index (χ4v) is 2.44. The summed E-state index contributed by atoms with van der Waals surface area (Å²) in [6.07, 6.45) is 7.69. The van der Waals surface area contributed by atoms with Gasteiger partial charge in [-0.2, -0.15) is 0 Å². The molecule has 2 aliphatic heterocycles. The molecule has 0 aromatic carbocycles. The molecule has 1 fully saturated rings. The van der Waals surface area contributed by atoms with E-state index < -0.39 is 5.41 Å². The van der Waals surface area contributed by atoms with Crippen LogP contribution in [0, 0.1) is 5.92 Å². The molecule has 0 saturated carbocycles. The molecule has 2 rings (SSSR count). The molecule has 0 aromatic heterocycles. The van der Waals surface area contributed by atoms with E-state index in [1.165, 1.54) is 12.8 Å². The lowest BCUT2D eigenvalue weighted by molar-refractivity contribution is 0.285. The summed E-state index contributed by atoms with van der Waals surface area (Å²) in [5.41, 5.74) is 0.884. The molecule has 2 heterocycles. The van der Waals surface area contributed by atoms with Crippen LogP contribution < -0.4 is 5.32 Å². The SMILES string of the molecule is CCC(F)(P)CC1=NC2NCCCC2C=C1. The summed E-state index contributed by atoms with van der Waals surface area (Å²) < 4.78 is 13.9. The number of piperidine rings is 1. The number of dihydropyridines is 1. The van der Waals surface area contributed by atoms with Gasteiger partial charge in [0.2, 0.25) is 0 Å². The number of aliphatic imine (C=N–C) groups is 1. The maximum atomic E-state index is 13.9. The molecular weight excluding hydrogens is 222 g/mol. The Bertz CT molecular complexity index is 312. The molecule has 0 spiro atoms. The van der Waals surface area contributed by atoms with E-state index >= 15 is 0 Å². The third-order valence-electron chi connectivity index (χ3n) is 3.38. The molecule has 2 aliphatic rings. The fraction of sp³-hybridized carbons (Fsp3) is 0.750. The lowest BCUT2D eigenvalue weighted by atomic mass is 9.92. The number of nitrogens with one attached hydrogen (secondary N) is 1. The standard InChI is InChI=1S/C12H20FN2P/c1-2-12(13,16)8-10-6-5-9-4-3-7-14-11(9)15-10/h5-6,9,11,14H,2-4,7-8,16H2,1H3. The largest absolute Gasteiger partial charge is 0.295 e. The Morgan fingerprint density at radius 3 is 3.25 bits per heavy atom. The van der Waals surface area contributed by atoms with Gasteiger partial charge in [-0.3, -0.25) is 10.3 Å². The maximum absolute atomic E-state index is 13.9. The highest BCUT2D eigenvalue weighted by Gasteiger charge is 2.28. The second kappa shape index (κ2) is 4.93. The monoisotopic (exact) mass is 242 g/mol. The Labute approximate surface area is 99.0 Å². The van der Waals surface area contributed by atoms with Crippen molar-refractivity contribution in [3.63, 3.8) is 0 Å². The van der Waals surface area contributed by atoms with Crippen molar-refractivity contribution in [1.29, 1.82) is 0 Å². The molecule has 2 nitrogen and oxygen atoms in total. The minimum Gasteiger partial charge on any atom is -0.295 e. The molecule has 4 unspecified atom stereocenters. The van der Waals surface area contributed by atoms with E-state index in [9.17, 15) is 4.39 Å². The number of halogens is 1. The van der Waals surface area contributed by atoms with E-state index in [0.29, 0.717) is 18.8 Å². The van der Waals surface area contributed by atoms with Crippen molar-refractivity contribution in [2.75, 3.05) is 6.54 Å². The van der Waals surface area contributed by atoms with Gasteiger partial charge in [0, 0.05) is 18.1 Å². The van der Waals surface area contributed by atoms with Gasteiger partial charge in [0.25, 0.3) is 0 Å². The molecule has 1 saturated heterocycles. The second-order valence-electron chi connectivity index (χ2n) is 4.75. The number of alkyl halides is 1. The van der Waals surface area contributed by atoms with Gasteiger partial charge in [0.15, 0.2) is 0 Å². The van der Waals surface area contributed by atoms with Gasteiger partial charge in [0.05, 0.1) is 0 Å². The van der Waals surface area contributed by atoms with Crippen molar-refractivity contribution in [2.45, 2.75) is 44.2 Å². The molecule has 0 bridgehead atoms. The first kappa shape index (κ1) is 12.2. The van der Waals surface area contributed by atoms with Gasteiger partial charge in [-0.1, -0.05) is 22.2 Å². The molecule has 4 atom stereocenters. The van der Waals surface area contributed by atoms with Crippen LogP contribution in [0.2, 0.25) is 0 Å². The minimum absolute atomic E-state index is 0.186. The first-order chi connectivity index (χ1) is 7.61. The van der Waals surface area contributed by atoms with Gasteiger partial charge in [-0.05, 0) is 31.9 Å². The van der Waals surface area contributed by atoms with Crippen molar-refractivity contribution in [3.05, 3.63) is 12.2 Å². The van der Waals surface area contributed by atoms with Crippen LogP contribution in [0.1, 0.15) is 32.6 Å². The summed E-state index contributed by atoms with van der Waals surface area (Å²) in [5.74, 6) is 0.512. The summed E-state index contributed by atoms with van der Waals surface area (Å²) in [7, 11) is 2.30. The van der Waals surface area contributed by atoms with Crippen molar-refractivity contribution < 1.29 is 4.39 Å². The highest BCUT2D eigenvalue weighted by Crippen LogP contribution is 2.31. The highest BCUT2D eigenvalue weighted by molar-refractivity contribution is 7.18. The van der Waals surface area contributed by atoms with E-state index in [1.807, 2.05) is 13.0 Å². The lowest BCUT2D eigenvalue weighted by Gasteiger charge is -2.31. The highest BCUT2D eigenvalue weighted by atomic mass is 31.0. The van der Waals surface area contributed by atoms with Gasteiger partial charge in [0.1, 0.15) is 11.6 Å². The summed E-state index contributed by atoms with van der Waals surface area (Å²) in [6.45, 7) is 2.89. The summed E-state index contributed by atoms with van der Waals surface area (Å²) in [5, 5.41) is 2.18. The van der Waals surface area contributed by atoms with E-state index in [2.05, 4.69) is 25.6 Å². The molecule has 16 heavy (non-hydrogen) atoms. The van der Waals surface area contributed by atoms with Crippen molar-refractivity contribution in [3.8, 4) is 0 Å². The zero-order valence-electron chi connectivity index (χ0n) is 9.75. The van der Waals surface area contributed by atoms with E-state index in [-0.39, 0.29) is 6.17 Å². The molecule has 1 N–H and O–H groups in total. The first-order valence-electron chi connectivity index (χ1n) is 6.07. The van der Waals surface area contributed by atoms with E-state index in [4.69, 9.17) is 0 Å². The zero-order valence-corrected chi connectivity index (χ0v) is 10.9. The van der Waals surface area contributed by atoms with Crippen LogP contribution in [0.4, 0.5) is 4.39 Å². The Kier molecular flexibility index (Phi) is 3.76. The zero-order chi connectivity index (χ0) is 11.6. The molecule has 0 radical (unpaired) electrons. The van der Waals surface area contributed by atoms with E-state index in [0.717, 1.165) is 12.3 Å². The topological polar surface area (TPSA) is 24.4 Å². The van der Waals surface area contributed by atoms with Crippen LogP contribution in [0.15, 0.2) is 17.1 Å². The number of allylic oxidation sites excluding steroid dienone is 1. The molecule has 0 aromatic rings. The van der Waals surface area contributed by atoms with Crippen LogP contribution in [0.5, 0.6) is 0 Å². The smallest absolute Gasteiger partial charge is 0.129 e. The Hall–Kier alpha value is -0.270. The Balaban J connectivity index is 2.02. The fourth-order valence-electron chi connectivity index (χ4n) is 2.23. The number of rotatable bonds is 3. The molecule has 0 amide bonds. The van der Waals surface area contributed by atoms with Crippen LogP contribution in [-0.2, 0) is 0 Å². The van der Waals surface area contributed by atoms with Crippen LogP contribution in [0.3, 0.4) is 0 Å². The quantitative estimate of drug-likeness (QED) is 0.756. The average molecular weight is 242 g/mol. The number of hydrogen-bond donors (Lipinski definition) is 1. The predicted molar refractivity (Wildman–Crippen MR) is 69.5 cm³/mol. The second-order valence-corrected chi connectivity index (χ2v) is 5.78. The van der Waals surface area contributed by atoms with E-state index in [1.54, 1.807) is 0 Å². The molecule has 0 aliphatic carbocycles. The summed E-state index contributed by atoms with van der Waals surface area (Å²) in [6, 6.07) is 0. The third-order valence-corrected chi connectivity index (χ3v) is 3.99. The average Bonchev–Trinajstić information content (AvgIpc) is 2.28. The molecule has 4 heteroatoms. The molecular formula is C12H20FN2P. The number of fused-ring (bicyclic) bond motifs is 1.